The molecule has 1 aromatic heterocycles. The van der Waals surface area contributed by atoms with Crippen LogP contribution in [0.25, 0.3) is 0 Å². The van der Waals surface area contributed by atoms with Gasteiger partial charge in [-0.15, -0.1) is 0 Å². The molecule has 0 unspecified atom stereocenters. The Morgan fingerprint density at radius 3 is 3.00 bits per heavy atom. The molecule has 3 atom stereocenters. The number of aryl methyl sites for hydroxylation is 1. The van der Waals surface area contributed by atoms with E-state index in [1.165, 1.54) is 12.7 Å². The summed E-state index contributed by atoms with van der Waals surface area (Å²) in [5.74, 6) is 2.22. The highest BCUT2D eigenvalue weighted by Gasteiger charge is 2.34. The topological polar surface area (TPSA) is 54.6 Å². The lowest BCUT2D eigenvalue weighted by atomic mass is 9.95. The molecule has 1 fully saturated rings. The first-order chi connectivity index (χ1) is 8.74. The van der Waals surface area contributed by atoms with Crippen LogP contribution in [-0.4, -0.2) is 12.1 Å². The van der Waals surface area contributed by atoms with E-state index in [-0.39, 0.29) is 5.91 Å². The predicted molar refractivity (Wildman–Crippen MR) is 68.2 cm³/mol. The number of rotatable bonds is 3. The monoisotopic (exact) mass is 244 g/mol. The molecule has 0 aliphatic heterocycles. The number of fused-ring (bicyclic) bond motifs is 2. The Morgan fingerprint density at radius 1 is 1.50 bits per heavy atom. The van der Waals surface area contributed by atoms with Gasteiger partial charge in [-0.25, -0.2) is 5.43 Å². The number of carbonyl (C=O) groups excluding carboxylic acids is 1. The average Bonchev–Trinajstić information content (AvgIpc) is 3.04. The number of amides is 1. The number of nitrogens with one attached hydrogen (secondary N) is 1. The summed E-state index contributed by atoms with van der Waals surface area (Å²) in [6.45, 7) is 1.76. The number of carbonyl (C=O) groups is 1. The molecular formula is C14H16N2O2. The highest BCUT2D eigenvalue weighted by molar-refractivity contribution is 5.95. The minimum Gasteiger partial charge on any atom is -0.469 e. The molecule has 4 nitrogen and oxygen atoms in total. The zero-order valence-electron chi connectivity index (χ0n) is 10.3. The summed E-state index contributed by atoms with van der Waals surface area (Å²) in [5.41, 5.74) is 3.10. The lowest BCUT2D eigenvalue weighted by molar-refractivity contribution is 0.0953. The number of hydrazone groups is 1. The van der Waals surface area contributed by atoms with Gasteiger partial charge in [0, 0.05) is 12.1 Å². The first-order valence-corrected chi connectivity index (χ1v) is 6.30. The zero-order chi connectivity index (χ0) is 12.5. The van der Waals surface area contributed by atoms with Crippen molar-refractivity contribution in [2.45, 2.75) is 19.8 Å². The molecule has 0 aromatic carbocycles. The Balaban J connectivity index is 1.57. The SMILES string of the molecule is Cc1occc1C(=O)N/N=C\[C@@H]1C[C@@H]2C=C[C@@H]1C2. The standard InChI is InChI=1S/C14H16N2O2/c1-9-13(4-5-18-9)14(17)16-15-8-12-7-10-2-3-11(12)6-10/h2-5,8,10-12H,6-7H2,1H3,(H,16,17)/b15-8-/t10-,11-,12+/m1/s1. The summed E-state index contributed by atoms with van der Waals surface area (Å²) >= 11 is 0. The molecule has 1 amide bonds. The number of furan rings is 1. The van der Waals surface area contributed by atoms with Crippen molar-refractivity contribution in [1.29, 1.82) is 0 Å². The van der Waals surface area contributed by atoms with E-state index in [0.29, 0.717) is 23.2 Å². The van der Waals surface area contributed by atoms with Crippen molar-refractivity contribution in [2.24, 2.45) is 22.9 Å². The summed E-state index contributed by atoms with van der Waals surface area (Å²) in [6, 6.07) is 1.65. The molecule has 0 radical (unpaired) electrons. The lowest BCUT2D eigenvalue weighted by Crippen LogP contribution is -2.19. The van der Waals surface area contributed by atoms with E-state index in [4.69, 9.17) is 4.42 Å². The summed E-state index contributed by atoms with van der Waals surface area (Å²) in [5, 5.41) is 4.07. The number of hydrogen-bond donors (Lipinski definition) is 1. The van der Waals surface area contributed by atoms with Gasteiger partial charge in [0.15, 0.2) is 0 Å². The highest BCUT2D eigenvalue weighted by atomic mass is 16.3. The van der Waals surface area contributed by atoms with E-state index >= 15 is 0 Å². The third-order valence-electron chi connectivity index (χ3n) is 3.87. The molecule has 0 saturated heterocycles. The number of allylic oxidation sites excluding steroid dienone is 2. The molecular weight excluding hydrogens is 228 g/mol. The lowest BCUT2D eigenvalue weighted by Gasteiger charge is -2.11. The number of hydrogen-bond acceptors (Lipinski definition) is 3. The van der Waals surface area contributed by atoms with Gasteiger partial charge in [-0.1, -0.05) is 12.2 Å². The summed E-state index contributed by atoms with van der Waals surface area (Å²) in [4.78, 5) is 11.8. The maximum absolute atomic E-state index is 11.8. The van der Waals surface area contributed by atoms with Crippen molar-refractivity contribution in [3.05, 3.63) is 35.8 Å². The second kappa shape index (κ2) is 4.44. The van der Waals surface area contributed by atoms with Gasteiger partial charge in [0.05, 0.1) is 11.8 Å². The molecule has 94 valence electrons. The second-order valence-electron chi connectivity index (χ2n) is 5.05. The van der Waals surface area contributed by atoms with Crippen LogP contribution in [0.3, 0.4) is 0 Å². The summed E-state index contributed by atoms with van der Waals surface area (Å²) < 4.78 is 5.08. The van der Waals surface area contributed by atoms with Crippen molar-refractivity contribution in [1.82, 2.24) is 5.43 Å². The van der Waals surface area contributed by atoms with Crippen LogP contribution in [0.5, 0.6) is 0 Å². The van der Waals surface area contributed by atoms with Gasteiger partial charge in [0.2, 0.25) is 0 Å². The molecule has 2 bridgehead atoms. The third-order valence-corrected chi connectivity index (χ3v) is 3.87. The highest BCUT2D eigenvalue weighted by Crippen LogP contribution is 2.42. The molecule has 1 saturated carbocycles. The van der Waals surface area contributed by atoms with Crippen LogP contribution < -0.4 is 5.43 Å². The Labute approximate surface area is 106 Å². The summed E-state index contributed by atoms with van der Waals surface area (Å²) in [7, 11) is 0. The molecule has 1 N–H and O–H groups in total. The molecule has 1 heterocycles. The van der Waals surface area contributed by atoms with E-state index in [1.54, 1.807) is 13.0 Å². The van der Waals surface area contributed by atoms with E-state index in [0.717, 1.165) is 12.3 Å². The van der Waals surface area contributed by atoms with Crippen LogP contribution in [0.1, 0.15) is 29.0 Å². The fourth-order valence-electron chi connectivity index (χ4n) is 2.87. The smallest absolute Gasteiger partial charge is 0.274 e. The molecule has 1 aromatic rings. The fourth-order valence-corrected chi connectivity index (χ4v) is 2.87. The quantitative estimate of drug-likeness (QED) is 0.504. The van der Waals surface area contributed by atoms with Crippen molar-refractivity contribution < 1.29 is 9.21 Å². The Hall–Kier alpha value is -1.84. The first-order valence-electron chi connectivity index (χ1n) is 6.30. The van der Waals surface area contributed by atoms with Crippen LogP contribution in [0.15, 0.2) is 34.0 Å². The van der Waals surface area contributed by atoms with Gasteiger partial charge in [-0.3, -0.25) is 4.79 Å². The average molecular weight is 244 g/mol. The van der Waals surface area contributed by atoms with Crippen LogP contribution >= 0.6 is 0 Å². The normalized spacial score (nSPS) is 29.3. The third kappa shape index (κ3) is 1.98. The minimum absolute atomic E-state index is 0.212. The van der Waals surface area contributed by atoms with Crippen LogP contribution in [0.2, 0.25) is 0 Å². The summed E-state index contributed by atoms with van der Waals surface area (Å²) in [6.07, 6.45) is 10.3. The Morgan fingerprint density at radius 2 is 2.39 bits per heavy atom. The fraction of sp³-hybridized carbons (Fsp3) is 0.429. The van der Waals surface area contributed by atoms with Crippen molar-refractivity contribution in [3.63, 3.8) is 0 Å². The second-order valence-corrected chi connectivity index (χ2v) is 5.05. The number of nitrogens with zero attached hydrogens (tertiary/aromatic N) is 1. The van der Waals surface area contributed by atoms with Crippen LogP contribution in [0, 0.1) is 24.7 Å². The van der Waals surface area contributed by atoms with Gasteiger partial charge in [0.25, 0.3) is 5.91 Å². The largest absolute Gasteiger partial charge is 0.469 e. The molecule has 3 rings (SSSR count). The van der Waals surface area contributed by atoms with Crippen molar-refractivity contribution in [2.75, 3.05) is 0 Å². The van der Waals surface area contributed by atoms with Gasteiger partial charge in [0.1, 0.15) is 5.76 Å². The molecule has 2 aliphatic carbocycles. The van der Waals surface area contributed by atoms with E-state index in [2.05, 4.69) is 22.7 Å². The molecule has 18 heavy (non-hydrogen) atoms. The molecule has 2 aliphatic rings. The van der Waals surface area contributed by atoms with Gasteiger partial charge >= 0.3 is 0 Å². The van der Waals surface area contributed by atoms with Crippen molar-refractivity contribution >= 4 is 12.1 Å². The maximum Gasteiger partial charge on any atom is 0.274 e. The van der Waals surface area contributed by atoms with Crippen LogP contribution in [-0.2, 0) is 0 Å². The van der Waals surface area contributed by atoms with E-state index in [9.17, 15) is 4.79 Å². The Bertz CT molecular complexity index is 516. The Kier molecular flexibility index (Phi) is 2.78. The molecule has 0 spiro atoms. The van der Waals surface area contributed by atoms with Gasteiger partial charge in [-0.2, -0.15) is 5.10 Å². The predicted octanol–water partition coefficient (Wildman–Crippen LogP) is 2.52. The molecule has 4 heteroatoms. The maximum atomic E-state index is 11.8. The first kappa shape index (κ1) is 11.3. The van der Waals surface area contributed by atoms with Crippen LogP contribution in [0.4, 0.5) is 0 Å². The van der Waals surface area contributed by atoms with E-state index in [1.807, 2.05) is 6.21 Å². The zero-order valence-corrected chi connectivity index (χ0v) is 10.3. The van der Waals surface area contributed by atoms with E-state index < -0.39 is 0 Å². The van der Waals surface area contributed by atoms with Crippen molar-refractivity contribution in [3.8, 4) is 0 Å². The van der Waals surface area contributed by atoms with Gasteiger partial charge < -0.3 is 4.42 Å². The minimum atomic E-state index is -0.212. The van der Waals surface area contributed by atoms with Gasteiger partial charge in [-0.05, 0) is 37.7 Å².